The zero-order chi connectivity index (χ0) is 13.9. The van der Waals surface area contributed by atoms with Crippen molar-refractivity contribution in [2.45, 2.75) is 44.6 Å². The largest absolute Gasteiger partial charge is 0.496 e. The molecule has 0 heterocycles. The van der Waals surface area contributed by atoms with E-state index in [0.29, 0.717) is 6.04 Å². The van der Waals surface area contributed by atoms with Crippen LogP contribution in [0.1, 0.15) is 37.7 Å². The molecule has 1 aromatic rings. The number of para-hydroxylation sites is 1. The van der Waals surface area contributed by atoms with Crippen molar-refractivity contribution in [1.29, 1.82) is 0 Å². The predicted molar refractivity (Wildman–Crippen MR) is 83.1 cm³/mol. The number of hydrogen-bond donors (Lipinski definition) is 1. The highest BCUT2D eigenvalue weighted by Gasteiger charge is 2.39. The molecular formula is C18H27NO. The summed E-state index contributed by atoms with van der Waals surface area (Å²) in [4.78, 5) is 0. The summed E-state index contributed by atoms with van der Waals surface area (Å²) in [5.74, 6) is 4.06. The lowest BCUT2D eigenvalue weighted by molar-refractivity contribution is 0.280. The molecule has 4 atom stereocenters. The quantitative estimate of drug-likeness (QED) is 0.854. The van der Waals surface area contributed by atoms with Crippen LogP contribution < -0.4 is 10.1 Å². The minimum atomic E-state index is 0.579. The van der Waals surface area contributed by atoms with Crippen LogP contribution in [-0.4, -0.2) is 20.2 Å². The average Bonchev–Trinajstić information content (AvgIpc) is 3.09. The Kier molecular flexibility index (Phi) is 4.30. The van der Waals surface area contributed by atoms with Crippen LogP contribution in [0.5, 0.6) is 5.75 Å². The Morgan fingerprint density at radius 1 is 1.25 bits per heavy atom. The number of likely N-dealkylation sites (N-methyl/N-ethyl adjacent to an activating group) is 1. The van der Waals surface area contributed by atoms with E-state index in [0.717, 1.165) is 29.9 Å². The van der Waals surface area contributed by atoms with Gasteiger partial charge >= 0.3 is 0 Å². The third kappa shape index (κ3) is 2.85. The lowest BCUT2D eigenvalue weighted by atomic mass is 9.83. The molecule has 1 N–H and O–H groups in total. The molecule has 20 heavy (non-hydrogen) atoms. The van der Waals surface area contributed by atoms with Gasteiger partial charge in [-0.15, -0.1) is 0 Å². The van der Waals surface area contributed by atoms with E-state index in [4.69, 9.17) is 4.74 Å². The lowest BCUT2D eigenvalue weighted by Crippen LogP contribution is -2.31. The third-order valence-corrected chi connectivity index (χ3v) is 5.54. The van der Waals surface area contributed by atoms with E-state index in [1.807, 2.05) is 6.07 Å². The minimum Gasteiger partial charge on any atom is -0.496 e. The maximum atomic E-state index is 5.48. The first kappa shape index (κ1) is 13.9. The molecule has 4 unspecified atom stereocenters. The van der Waals surface area contributed by atoms with Gasteiger partial charge in [0, 0.05) is 6.04 Å². The molecule has 0 radical (unpaired) electrons. The molecule has 3 rings (SSSR count). The molecular weight excluding hydrogens is 246 g/mol. The summed E-state index contributed by atoms with van der Waals surface area (Å²) in [5, 5.41) is 3.53. The van der Waals surface area contributed by atoms with Gasteiger partial charge in [0.2, 0.25) is 0 Å². The minimum absolute atomic E-state index is 0.579. The van der Waals surface area contributed by atoms with Gasteiger partial charge in [0.05, 0.1) is 7.11 Å². The topological polar surface area (TPSA) is 21.3 Å². The van der Waals surface area contributed by atoms with E-state index in [1.54, 1.807) is 7.11 Å². The molecule has 2 heteroatoms. The Bertz CT molecular complexity index is 445. The second-order valence-corrected chi connectivity index (χ2v) is 6.67. The number of nitrogens with one attached hydrogen (secondary N) is 1. The fourth-order valence-corrected chi connectivity index (χ4v) is 4.47. The smallest absolute Gasteiger partial charge is 0.122 e. The molecule has 0 spiro atoms. The molecule has 2 bridgehead atoms. The van der Waals surface area contributed by atoms with Crippen LogP contribution >= 0.6 is 0 Å². The van der Waals surface area contributed by atoms with E-state index >= 15 is 0 Å². The fraction of sp³-hybridized carbons (Fsp3) is 0.667. The van der Waals surface area contributed by atoms with Crippen molar-refractivity contribution in [2.75, 3.05) is 14.2 Å². The summed E-state index contributed by atoms with van der Waals surface area (Å²) in [5.41, 5.74) is 1.33. The second kappa shape index (κ2) is 6.17. The highest BCUT2D eigenvalue weighted by atomic mass is 16.5. The maximum absolute atomic E-state index is 5.48. The van der Waals surface area contributed by atoms with Gasteiger partial charge in [-0.25, -0.2) is 0 Å². The maximum Gasteiger partial charge on any atom is 0.122 e. The van der Waals surface area contributed by atoms with E-state index in [-0.39, 0.29) is 0 Å². The van der Waals surface area contributed by atoms with Crippen LogP contribution in [0.4, 0.5) is 0 Å². The number of fused-ring (bicyclic) bond motifs is 2. The van der Waals surface area contributed by atoms with Gasteiger partial charge in [0.1, 0.15) is 5.75 Å². The van der Waals surface area contributed by atoms with Crippen molar-refractivity contribution >= 4 is 0 Å². The van der Waals surface area contributed by atoms with Crippen LogP contribution in [0, 0.1) is 17.8 Å². The van der Waals surface area contributed by atoms with Gasteiger partial charge in [-0.2, -0.15) is 0 Å². The number of ether oxygens (including phenoxy) is 1. The van der Waals surface area contributed by atoms with Gasteiger partial charge < -0.3 is 10.1 Å². The fourth-order valence-electron chi connectivity index (χ4n) is 4.47. The van der Waals surface area contributed by atoms with Crippen molar-refractivity contribution in [1.82, 2.24) is 5.32 Å². The number of hydrogen-bond acceptors (Lipinski definition) is 2. The summed E-state index contributed by atoms with van der Waals surface area (Å²) in [6, 6.07) is 9.01. The normalized spacial score (nSPS) is 29.6. The third-order valence-electron chi connectivity index (χ3n) is 5.54. The molecule has 0 aromatic heterocycles. The van der Waals surface area contributed by atoms with Crippen LogP contribution in [0.2, 0.25) is 0 Å². The molecule has 2 nitrogen and oxygen atoms in total. The summed E-state index contributed by atoms with van der Waals surface area (Å²) < 4.78 is 5.48. The van der Waals surface area contributed by atoms with Crippen LogP contribution in [0.3, 0.4) is 0 Å². The van der Waals surface area contributed by atoms with Gasteiger partial charge in [0.25, 0.3) is 0 Å². The lowest BCUT2D eigenvalue weighted by Gasteiger charge is -2.27. The Labute approximate surface area is 122 Å². The van der Waals surface area contributed by atoms with E-state index in [2.05, 4.69) is 30.6 Å². The van der Waals surface area contributed by atoms with E-state index in [1.165, 1.54) is 37.7 Å². The first-order chi connectivity index (χ1) is 9.80. The van der Waals surface area contributed by atoms with Crippen LogP contribution in [-0.2, 0) is 6.42 Å². The van der Waals surface area contributed by atoms with E-state index < -0.39 is 0 Å². The Balaban J connectivity index is 1.62. The van der Waals surface area contributed by atoms with Gasteiger partial charge in [-0.3, -0.25) is 0 Å². The Morgan fingerprint density at radius 3 is 2.75 bits per heavy atom. The summed E-state index contributed by atoms with van der Waals surface area (Å²) in [6.45, 7) is 0. The summed E-state index contributed by atoms with van der Waals surface area (Å²) in [7, 11) is 3.87. The predicted octanol–water partition coefficient (Wildman–Crippen LogP) is 3.65. The van der Waals surface area contributed by atoms with Crippen LogP contribution in [0.25, 0.3) is 0 Å². The number of benzene rings is 1. The zero-order valence-electron chi connectivity index (χ0n) is 12.8. The standard InChI is InChI=1S/C18H27NO/c1-19-17(11-15-5-3-4-6-18(15)20-2)12-16-10-13-7-8-14(16)9-13/h3-6,13-14,16-17,19H,7-12H2,1-2H3. The van der Waals surface area contributed by atoms with Crippen molar-refractivity contribution in [3.8, 4) is 5.75 Å². The summed E-state index contributed by atoms with van der Waals surface area (Å²) >= 11 is 0. The summed E-state index contributed by atoms with van der Waals surface area (Å²) in [6.07, 6.45) is 8.38. The molecule has 110 valence electrons. The van der Waals surface area contributed by atoms with Crippen molar-refractivity contribution in [2.24, 2.45) is 17.8 Å². The highest BCUT2D eigenvalue weighted by Crippen LogP contribution is 2.50. The zero-order valence-corrected chi connectivity index (χ0v) is 12.8. The molecule has 0 amide bonds. The van der Waals surface area contributed by atoms with Crippen molar-refractivity contribution < 1.29 is 4.74 Å². The molecule has 0 aliphatic heterocycles. The molecule has 1 aromatic carbocycles. The average molecular weight is 273 g/mol. The van der Waals surface area contributed by atoms with Gasteiger partial charge in [-0.05, 0) is 68.5 Å². The monoisotopic (exact) mass is 273 g/mol. The Hall–Kier alpha value is -1.02. The molecule has 2 aliphatic rings. The SMILES string of the molecule is CNC(Cc1ccccc1OC)CC1CC2CCC1C2. The van der Waals surface area contributed by atoms with Gasteiger partial charge in [0.15, 0.2) is 0 Å². The van der Waals surface area contributed by atoms with Crippen molar-refractivity contribution in [3.63, 3.8) is 0 Å². The van der Waals surface area contributed by atoms with Crippen LogP contribution in [0.15, 0.2) is 24.3 Å². The molecule has 0 saturated heterocycles. The van der Waals surface area contributed by atoms with E-state index in [9.17, 15) is 0 Å². The second-order valence-electron chi connectivity index (χ2n) is 6.67. The number of methoxy groups -OCH3 is 1. The molecule has 2 saturated carbocycles. The number of rotatable bonds is 6. The molecule has 2 fully saturated rings. The first-order valence-corrected chi connectivity index (χ1v) is 8.09. The molecule has 2 aliphatic carbocycles. The Morgan fingerprint density at radius 2 is 2.10 bits per heavy atom. The van der Waals surface area contributed by atoms with Gasteiger partial charge in [-0.1, -0.05) is 24.6 Å². The van der Waals surface area contributed by atoms with Crippen molar-refractivity contribution in [3.05, 3.63) is 29.8 Å². The highest BCUT2D eigenvalue weighted by molar-refractivity contribution is 5.33. The first-order valence-electron chi connectivity index (χ1n) is 8.09.